The average Bonchev–Trinajstić information content (AvgIpc) is 2.82. The summed E-state index contributed by atoms with van der Waals surface area (Å²) in [5.41, 5.74) is 1.73. The Balaban J connectivity index is 2.02. The summed E-state index contributed by atoms with van der Waals surface area (Å²) >= 11 is 6.24. The van der Waals surface area contributed by atoms with Crippen LogP contribution in [-0.4, -0.2) is 54.0 Å². The van der Waals surface area contributed by atoms with Crippen LogP contribution in [0.1, 0.15) is 38.9 Å². The summed E-state index contributed by atoms with van der Waals surface area (Å²) in [5.74, 6) is -1.53. The van der Waals surface area contributed by atoms with E-state index in [0.29, 0.717) is 33.2 Å². The minimum Gasteiger partial charge on any atom is -0.494 e. The lowest BCUT2D eigenvalue weighted by atomic mass is 10.0. The molecule has 0 aliphatic heterocycles. The molecular weight excluding hydrogens is 458 g/mol. The number of carbonyl (C=O) groups excluding carboxylic acids is 2. The maximum atomic E-state index is 13.1. The number of ether oxygens (including phenoxy) is 1. The van der Waals surface area contributed by atoms with Crippen LogP contribution in [0.25, 0.3) is 11.3 Å². The first-order valence-corrected chi connectivity index (χ1v) is 10.7. The van der Waals surface area contributed by atoms with Crippen LogP contribution < -0.4 is 10.1 Å². The molecule has 0 spiro atoms. The van der Waals surface area contributed by atoms with Gasteiger partial charge in [-0.05, 0) is 29.8 Å². The van der Waals surface area contributed by atoms with Gasteiger partial charge in [0.2, 0.25) is 0 Å². The van der Waals surface area contributed by atoms with E-state index in [1.165, 1.54) is 18.1 Å². The normalized spacial score (nSPS) is 11.4. The van der Waals surface area contributed by atoms with Crippen molar-refractivity contribution in [3.8, 4) is 17.0 Å². The Bertz CT molecular complexity index is 1230. The molecule has 34 heavy (non-hydrogen) atoms. The van der Waals surface area contributed by atoms with Crippen molar-refractivity contribution in [2.45, 2.75) is 12.5 Å². The Hall–Kier alpha value is -3.91. The fourth-order valence-corrected chi connectivity index (χ4v) is 3.72. The second-order valence-corrected chi connectivity index (χ2v) is 8.05. The van der Waals surface area contributed by atoms with Crippen molar-refractivity contribution in [2.24, 2.45) is 0 Å². The topological polar surface area (TPSA) is 109 Å². The van der Waals surface area contributed by atoms with Crippen molar-refractivity contribution in [1.29, 1.82) is 0 Å². The number of benzene rings is 2. The smallest absolute Gasteiger partial charge is 0.305 e. The predicted octanol–water partition coefficient (Wildman–Crippen LogP) is 4.06. The van der Waals surface area contributed by atoms with Crippen molar-refractivity contribution in [1.82, 2.24) is 15.2 Å². The molecule has 0 saturated carbocycles. The first-order valence-electron chi connectivity index (χ1n) is 10.4. The van der Waals surface area contributed by atoms with E-state index >= 15 is 0 Å². The number of methoxy groups -OCH3 is 1. The molecule has 1 heterocycles. The maximum Gasteiger partial charge on any atom is 0.305 e. The number of halogens is 1. The number of nitrogens with zero attached hydrogens (tertiary/aromatic N) is 2. The molecule has 8 nitrogen and oxygen atoms in total. The molecule has 0 bridgehead atoms. The molecule has 0 unspecified atom stereocenters. The molecule has 3 aromatic rings. The van der Waals surface area contributed by atoms with Gasteiger partial charge in [-0.25, -0.2) is 4.98 Å². The van der Waals surface area contributed by atoms with Gasteiger partial charge in [-0.3, -0.25) is 14.4 Å². The van der Waals surface area contributed by atoms with Gasteiger partial charge < -0.3 is 20.1 Å². The second kappa shape index (κ2) is 10.8. The van der Waals surface area contributed by atoms with Crippen LogP contribution in [0, 0.1) is 0 Å². The summed E-state index contributed by atoms with van der Waals surface area (Å²) in [5, 5.41) is 12.4. The molecule has 2 N–H and O–H groups in total. The van der Waals surface area contributed by atoms with Crippen LogP contribution >= 0.6 is 11.6 Å². The third-order valence-electron chi connectivity index (χ3n) is 5.09. The number of rotatable bonds is 8. The number of carbonyl (C=O) groups is 3. The highest BCUT2D eigenvalue weighted by atomic mass is 35.5. The number of carboxylic acid groups (broad SMARTS) is 1. The van der Waals surface area contributed by atoms with Crippen molar-refractivity contribution in [2.75, 3.05) is 21.2 Å². The van der Waals surface area contributed by atoms with Gasteiger partial charge in [0.05, 0.1) is 19.6 Å². The van der Waals surface area contributed by atoms with E-state index in [2.05, 4.69) is 10.3 Å². The number of nitrogens with one attached hydrogen (secondary N) is 1. The lowest BCUT2D eigenvalue weighted by Gasteiger charge is -2.19. The molecule has 1 aromatic heterocycles. The lowest BCUT2D eigenvalue weighted by Crippen LogP contribution is -2.31. The zero-order valence-corrected chi connectivity index (χ0v) is 19.7. The first-order chi connectivity index (χ1) is 16.2. The minimum atomic E-state index is -1.09. The molecule has 0 aliphatic rings. The van der Waals surface area contributed by atoms with Crippen LogP contribution in [0.2, 0.25) is 5.02 Å². The van der Waals surface area contributed by atoms with Gasteiger partial charge in [0.25, 0.3) is 11.8 Å². The predicted molar refractivity (Wildman–Crippen MR) is 128 cm³/mol. The first kappa shape index (κ1) is 24.7. The van der Waals surface area contributed by atoms with Gasteiger partial charge in [0, 0.05) is 30.2 Å². The molecule has 3 rings (SSSR count). The zero-order chi connectivity index (χ0) is 24.8. The van der Waals surface area contributed by atoms with Gasteiger partial charge in [-0.1, -0.05) is 48.0 Å². The number of aliphatic carboxylic acids is 1. The number of hydrogen-bond donors (Lipinski definition) is 2. The number of aromatic nitrogens is 1. The third kappa shape index (κ3) is 5.52. The minimum absolute atomic E-state index is 0.0327. The van der Waals surface area contributed by atoms with E-state index in [9.17, 15) is 19.5 Å². The van der Waals surface area contributed by atoms with E-state index in [0.717, 1.165) is 0 Å². The van der Waals surface area contributed by atoms with E-state index in [-0.39, 0.29) is 18.0 Å². The standard InChI is InChI=1S/C25H24ClN3O5/c1-29(2)25(33)16-9-5-4-8-15(16)23-21(34-3)13-12-19(27-23)24(32)28-20(14-22(30)31)17-10-6-7-11-18(17)26/h4-13,20H,14H2,1-3H3,(H,28,32)(H,30,31)/t20-/m0/s1. The Morgan fingerprint density at radius 2 is 1.74 bits per heavy atom. The fraction of sp³-hybridized carbons (Fsp3) is 0.200. The molecule has 176 valence electrons. The fourth-order valence-electron chi connectivity index (χ4n) is 3.45. The van der Waals surface area contributed by atoms with Crippen LogP contribution in [0.15, 0.2) is 60.7 Å². The van der Waals surface area contributed by atoms with E-state index < -0.39 is 17.9 Å². The zero-order valence-electron chi connectivity index (χ0n) is 18.9. The van der Waals surface area contributed by atoms with E-state index in [1.807, 2.05) is 0 Å². The molecule has 0 aliphatic carbocycles. The highest BCUT2D eigenvalue weighted by Gasteiger charge is 2.24. The quantitative estimate of drug-likeness (QED) is 0.502. The average molecular weight is 482 g/mol. The van der Waals surface area contributed by atoms with Gasteiger partial charge in [-0.15, -0.1) is 0 Å². The van der Waals surface area contributed by atoms with Crippen LogP contribution in [0.5, 0.6) is 5.75 Å². The molecule has 2 amide bonds. The Labute approximate surface area is 202 Å². The molecule has 2 aromatic carbocycles. The van der Waals surface area contributed by atoms with E-state index in [1.54, 1.807) is 68.7 Å². The maximum absolute atomic E-state index is 13.1. The number of amides is 2. The molecule has 0 saturated heterocycles. The third-order valence-corrected chi connectivity index (χ3v) is 5.44. The Morgan fingerprint density at radius 1 is 1.06 bits per heavy atom. The Kier molecular flexibility index (Phi) is 7.86. The SMILES string of the molecule is COc1ccc(C(=O)N[C@@H](CC(=O)O)c2ccccc2Cl)nc1-c1ccccc1C(=O)N(C)C. The summed E-state index contributed by atoms with van der Waals surface area (Å²) < 4.78 is 5.43. The Morgan fingerprint density at radius 3 is 2.38 bits per heavy atom. The summed E-state index contributed by atoms with van der Waals surface area (Å²) in [6, 6.07) is 15.8. The lowest BCUT2D eigenvalue weighted by molar-refractivity contribution is -0.137. The highest BCUT2D eigenvalue weighted by Crippen LogP contribution is 2.32. The number of carboxylic acids is 1. The van der Waals surface area contributed by atoms with E-state index in [4.69, 9.17) is 16.3 Å². The van der Waals surface area contributed by atoms with Crippen molar-refractivity contribution in [3.05, 3.63) is 82.5 Å². The summed E-state index contributed by atoms with van der Waals surface area (Å²) in [4.78, 5) is 43.2. The second-order valence-electron chi connectivity index (χ2n) is 7.64. The van der Waals surface area contributed by atoms with Crippen molar-refractivity contribution < 1.29 is 24.2 Å². The summed E-state index contributed by atoms with van der Waals surface area (Å²) in [6.07, 6.45) is -0.362. The van der Waals surface area contributed by atoms with Gasteiger partial charge in [-0.2, -0.15) is 0 Å². The van der Waals surface area contributed by atoms with Gasteiger partial charge in [0.15, 0.2) is 0 Å². The summed E-state index contributed by atoms with van der Waals surface area (Å²) in [7, 11) is 4.76. The molecule has 0 fully saturated rings. The molecule has 0 radical (unpaired) electrons. The molecule has 1 atom stereocenters. The monoisotopic (exact) mass is 481 g/mol. The van der Waals surface area contributed by atoms with Gasteiger partial charge >= 0.3 is 5.97 Å². The largest absolute Gasteiger partial charge is 0.494 e. The van der Waals surface area contributed by atoms with Crippen LogP contribution in [-0.2, 0) is 4.79 Å². The molecular formula is C25H24ClN3O5. The van der Waals surface area contributed by atoms with Crippen LogP contribution in [0.3, 0.4) is 0 Å². The van der Waals surface area contributed by atoms with Crippen molar-refractivity contribution >= 4 is 29.4 Å². The highest BCUT2D eigenvalue weighted by molar-refractivity contribution is 6.31. The summed E-state index contributed by atoms with van der Waals surface area (Å²) in [6.45, 7) is 0. The number of hydrogen-bond acceptors (Lipinski definition) is 5. The molecule has 9 heteroatoms. The van der Waals surface area contributed by atoms with Crippen LogP contribution in [0.4, 0.5) is 0 Å². The number of pyridine rings is 1. The van der Waals surface area contributed by atoms with Crippen molar-refractivity contribution in [3.63, 3.8) is 0 Å². The van der Waals surface area contributed by atoms with Gasteiger partial charge in [0.1, 0.15) is 17.1 Å².